The van der Waals surface area contributed by atoms with Crippen LogP contribution in [-0.4, -0.2) is 36.1 Å². The van der Waals surface area contributed by atoms with Gasteiger partial charge in [-0.1, -0.05) is 43.9 Å². The summed E-state index contributed by atoms with van der Waals surface area (Å²) in [5.41, 5.74) is 1.56. The van der Waals surface area contributed by atoms with Gasteiger partial charge in [0, 0.05) is 6.20 Å². The Hall–Kier alpha value is -1.59. The first kappa shape index (κ1) is 23.5. The lowest BCUT2D eigenvalue weighted by atomic mass is 9.82. The van der Waals surface area contributed by atoms with Gasteiger partial charge >= 0.3 is 7.48 Å². The molecule has 0 unspecified atom stereocenters. The molecule has 149 valence electrons. The Morgan fingerprint density at radius 3 is 2.26 bits per heavy atom. The Bertz CT molecular complexity index is 641. The Balaban J connectivity index is 2.66. The molecular formula is C22H35BNO3. The number of rotatable bonds is 10. The van der Waals surface area contributed by atoms with Crippen LogP contribution in [0.3, 0.4) is 0 Å². The fraction of sp³-hybridized carbons (Fsp3) is 0.591. The van der Waals surface area contributed by atoms with Gasteiger partial charge in [0.25, 0.3) is 0 Å². The molecule has 1 aromatic rings. The molecule has 0 aromatic heterocycles. The average molecular weight is 372 g/mol. The normalized spacial score (nSPS) is 13.9. The first-order valence-corrected chi connectivity index (χ1v) is 9.64. The van der Waals surface area contributed by atoms with E-state index < -0.39 is 11.2 Å². The average Bonchev–Trinajstić information content (AvgIpc) is 2.59. The summed E-state index contributed by atoms with van der Waals surface area (Å²) in [6.45, 7) is 16.1. The lowest BCUT2D eigenvalue weighted by molar-refractivity contribution is -0.0893. The van der Waals surface area contributed by atoms with Crippen molar-refractivity contribution in [2.24, 2.45) is 10.9 Å². The van der Waals surface area contributed by atoms with Crippen LogP contribution in [0.2, 0.25) is 0 Å². The van der Waals surface area contributed by atoms with Crippen molar-refractivity contribution in [1.82, 2.24) is 0 Å². The van der Waals surface area contributed by atoms with E-state index >= 15 is 0 Å². The Morgan fingerprint density at radius 2 is 1.78 bits per heavy atom. The van der Waals surface area contributed by atoms with E-state index in [1.807, 2.05) is 44.3 Å². The second-order valence-corrected chi connectivity index (χ2v) is 8.27. The largest absolute Gasteiger partial charge is 0.488 e. The molecule has 0 amide bonds. The highest BCUT2D eigenvalue weighted by molar-refractivity contribution is 6.47. The highest BCUT2D eigenvalue weighted by Crippen LogP contribution is 2.24. The number of hydrogen-bond donors (Lipinski definition) is 1. The summed E-state index contributed by atoms with van der Waals surface area (Å²) >= 11 is 0. The number of ether oxygens (including phenoxy) is 1. The molecule has 0 fully saturated rings. The predicted octanol–water partition coefficient (Wildman–Crippen LogP) is 4.29. The smallest absolute Gasteiger partial charge is 0.330 e. The van der Waals surface area contributed by atoms with Crippen molar-refractivity contribution in [2.75, 3.05) is 6.61 Å². The molecule has 0 aliphatic carbocycles. The molecule has 4 nitrogen and oxygen atoms in total. The van der Waals surface area contributed by atoms with Crippen LogP contribution in [0.1, 0.15) is 61.8 Å². The van der Waals surface area contributed by atoms with Crippen LogP contribution in [0, 0.1) is 5.92 Å². The van der Waals surface area contributed by atoms with Crippen LogP contribution in [0.5, 0.6) is 5.75 Å². The molecule has 1 rings (SSSR count). The van der Waals surface area contributed by atoms with Gasteiger partial charge in [0.15, 0.2) is 0 Å². The molecular weight excluding hydrogens is 337 g/mol. The quantitative estimate of drug-likeness (QED) is 0.493. The zero-order valence-corrected chi connectivity index (χ0v) is 18.2. The zero-order valence-electron chi connectivity index (χ0n) is 18.2. The van der Waals surface area contributed by atoms with Crippen molar-refractivity contribution in [1.29, 1.82) is 0 Å². The minimum atomic E-state index is -0.941. The monoisotopic (exact) mass is 372 g/mol. The van der Waals surface area contributed by atoms with Gasteiger partial charge in [0.05, 0.1) is 16.9 Å². The number of benzene rings is 1. The van der Waals surface area contributed by atoms with E-state index in [0.29, 0.717) is 12.5 Å². The molecule has 0 bridgehead atoms. The van der Waals surface area contributed by atoms with E-state index in [1.165, 1.54) is 5.57 Å². The lowest BCUT2D eigenvalue weighted by Crippen LogP contribution is -2.49. The van der Waals surface area contributed by atoms with Crippen LogP contribution < -0.4 is 10.2 Å². The van der Waals surface area contributed by atoms with Gasteiger partial charge < -0.3 is 14.5 Å². The van der Waals surface area contributed by atoms with Gasteiger partial charge in [-0.15, -0.1) is 0 Å². The van der Waals surface area contributed by atoms with E-state index in [9.17, 15) is 5.11 Å². The molecule has 1 N–H and O–H groups in total. The summed E-state index contributed by atoms with van der Waals surface area (Å²) in [5.74, 6) is 1.12. The summed E-state index contributed by atoms with van der Waals surface area (Å²) < 4.78 is 11.7. The van der Waals surface area contributed by atoms with E-state index in [1.54, 1.807) is 21.3 Å². The van der Waals surface area contributed by atoms with E-state index in [4.69, 9.17) is 9.39 Å². The third kappa shape index (κ3) is 7.90. The number of aliphatic imine (C=N–C) groups is 1. The van der Waals surface area contributed by atoms with Gasteiger partial charge in [-0.05, 0) is 59.1 Å². The molecule has 1 radical (unpaired) electrons. The molecule has 0 aliphatic heterocycles. The Morgan fingerprint density at radius 1 is 1.19 bits per heavy atom. The topological polar surface area (TPSA) is 51.0 Å². The summed E-state index contributed by atoms with van der Waals surface area (Å²) in [6, 6.07) is 7.70. The van der Waals surface area contributed by atoms with Crippen LogP contribution >= 0.6 is 0 Å². The summed E-state index contributed by atoms with van der Waals surface area (Å²) in [4.78, 5) is 4.59. The second-order valence-electron chi connectivity index (χ2n) is 8.27. The molecule has 0 aliphatic rings. The third-order valence-electron chi connectivity index (χ3n) is 4.90. The van der Waals surface area contributed by atoms with Gasteiger partial charge in [-0.25, -0.2) is 0 Å². The highest BCUT2D eigenvalue weighted by Gasteiger charge is 2.35. The predicted molar refractivity (Wildman–Crippen MR) is 115 cm³/mol. The van der Waals surface area contributed by atoms with Crippen molar-refractivity contribution in [3.05, 3.63) is 36.0 Å². The molecule has 5 heteroatoms. The first-order chi connectivity index (χ1) is 12.5. The standard InChI is InChI=1S/C22H35BNO3/c1-9-17(4)14-24-20(16(2)3)15-26-19-12-10-18(11-13-19)23-27-22(7,8)21(5,6)25/h10-14,16,25H,9,15H2,1-8H3/b17-14-,24-20?. The summed E-state index contributed by atoms with van der Waals surface area (Å²) in [5, 5.41) is 10.1. The maximum Gasteiger partial charge on any atom is 0.330 e. The maximum atomic E-state index is 10.1. The van der Waals surface area contributed by atoms with E-state index in [0.717, 1.165) is 23.3 Å². The van der Waals surface area contributed by atoms with Crippen LogP contribution in [-0.2, 0) is 4.65 Å². The summed E-state index contributed by atoms with van der Waals surface area (Å²) in [6.07, 6.45) is 2.93. The second kappa shape index (κ2) is 10.1. The number of hydrogen-bond acceptors (Lipinski definition) is 4. The van der Waals surface area contributed by atoms with Gasteiger partial charge in [0.1, 0.15) is 12.4 Å². The first-order valence-electron chi connectivity index (χ1n) is 9.64. The highest BCUT2D eigenvalue weighted by atomic mass is 16.5. The van der Waals surface area contributed by atoms with Crippen molar-refractivity contribution >= 4 is 18.7 Å². The molecule has 0 saturated heterocycles. The molecule has 27 heavy (non-hydrogen) atoms. The van der Waals surface area contributed by atoms with Gasteiger partial charge in [0.2, 0.25) is 0 Å². The number of nitrogens with zero attached hydrogens (tertiary/aromatic N) is 1. The fourth-order valence-electron chi connectivity index (χ4n) is 1.80. The van der Waals surface area contributed by atoms with Crippen molar-refractivity contribution in [2.45, 2.75) is 73.0 Å². The van der Waals surface area contributed by atoms with Crippen molar-refractivity contribution in [3.63, 3.8) is 0 Å². The molecule has 1 aromatic carbocycles. The molecule has 0 heterocycles. The number of allylic oxidation sites excluding steroid dienone is 1. The van der Waals surface area contributed by atoms with E-state index in [2.05, 4.69) is 32.7 Å². The SMILES string of the molecule is CC/C(C)=C\N=C(COc1ccc([B]OC(C)(C)C(C)(C)O)cc1)C(C)C. The molecule has 0 atom stereocenters. The third-order valence-corrected chi connectivity index (χ3v) is 4.90. The maximum absolute atomic E-state index is 10.1. The van der Waals surface area contributed by atoms with Crippen LogP contribution in [0.4, 0.5) is 0 Å². The number of aliphatic hydroxyl groups is 1. The Labute approximate surface area is 166 Å². The van der Waals surface area contributed by atoms with Crippen LogP contribution in [0.25, 0.3) is 0 Å². The summed E-state index contributed by atoms with van der Waals surface area (Å²) in [7, 11) is 1.67. The zero-order chi connectivity index (χ0) is 20.7. The molecule has 0 spiro atoms. The van der Waals surface area contributed by atoms with Crippen molar-refractivity contribution < 1.29 is 14.5 Å². The van der Waals surface area contributed by atoms with Gasteiger partial charge in [-0.3, -0.25) is 4.99 Å². The minimum absolute atomic E-state index is 0.330. The Kier molecular flexibility index (Phi) is 8.77. The van der Waals surface area contributed by atoms with Crippen molar-refractivity contribution in [3.8, 4) is 5.75 Å². The van der Waals surface area contributed by atoms with E-state index in [-0.39, 0.29) is 0 Å². The minimum Gasteiger partial charge on any atom is -0.488 e. The van der Waals surface area contributed by atoms with Gasteiger partial charge in [-0.2, -0.15) is 0 Å². The fourth-order valence-corrected chi connectivity index (χ4v) is 1.80. The molecule has 0 saturated carbocycles. The lowest BCUT2D eigenvalue weighted by Gasteiger charge is -2.37. The van der Waals surface area contributed by atoms with Crippen LogP contribution in [0.15, 0.2) is 41.0 Å².